The summed E-state index contributed by atoms with van der Waals surface area (Å²) in [6, 6.07) is 7.87. The predicted molar refractivity (Wildman–Crippen MR) is 130 cm³/mol. The van der Waals surface area contributed by atoms with E-state index in [0.29, 0.717) is 33.4 Å². The van der Waals surface area contributed by atoms with Gasteiger partial charge in [-0.1, -0.05) is 31.7 Å². The SMILES string of the molecule is Nc1ccnc(CN2c3cccc(OCCO)c3CN(S(=O)(=O)C(F)(F)F)CC2CC2CCCC2)c1. The topological polar surface area (TPSA) is 109 Å². The summed E-state index contributed by atoms with van der Waals surface area (Å²) < 4.78 is 72.6. The summed E-state index contributed by atoms with van der Waals surface area (Å²) in [6.07, 6.45) is 6.13. The van der Waals surface area contributed by atoms with Gasteiger partial charge < -0.3 is 20.5 Å². The fraction of sp³-hybridized carbons (Fsp3) is 0.542. The molecule has 0 amide bonds. The zero-order chi connectivity index (χ0) is 25.9. The summed E-state index contributed by atoms with van der Waals surface area (Å²) in [5.41, 5.74) is 2.53. The normalized spacial score (nSPS) is 19.8. The van der Waals surface area contributed by atoms with Crippen molar-refractivity contribution < 1.29 is 31.4 Å². The maximum Gasteiger partial charge on any atom is 0.511 e. The highest BCUT2D eigenvalue weighted by atomic mass is 32.2. The molecule has 2 heterocycles. The number of aliphatic hydroxyl groups is 1. The molecule has 198 valence electrons. The van der Waals surface area contributed by atoms with Crippen molar-refractivity contribution in [2.75, 3.05) is 30.4 Å². The molecule has 3 N–H and O–H groups in total. The zero-order valence-corrected chi connectivity index (χ0v) is 20.6. The number of fused-ring (bicyclic) bond motifs is 1. The summed E-state index contributed by atoms with van der Waals surface area (Å²) in [4.78, 5) is 6.32. The van der Waals surface area contributed by atoms with Crippen LogP contribution in [0.4, 0.5) is 24.5 Å². The zero-order valence-electron chi connectivity index (χ0n) is 19.8. The van der Waals surface area contributed by atoms with Crippen LogP contribution in [0.15, 0.2) is 36.5 Å². The second kappa shape index (κ2) is 10.8. The third kappa shape index (κ3) is 5.70. The largest absolute Gasteiger partial charge is 0.511 e. The minimum absolute atomic E-state index is 0.0786. The van der Waals surface area contributed by atoms with Crippen LogP contribution in [0.5, 0.6) is 5.75 Å². The molecule has 0 bridgehead atoms. The Morgan fingerprint density at radius 2 is 1.94 bits per heavy atom. The number of hydrogen-bond donors (Lipinski definition) is 2. The molecule has 2 aliphatic rings. The Bertz CT molecular complexity index is 1160. The Morgan fingerprint density at radius 3 is 2.61 bits per heavy atom. The van der Waals surface area contributed by atoms with Crippen molar-refractivity contribution in [1.82, 2.24) is 9.29 Å². The minimum atomic E-state index is -5.61. The van der Waals surface area contributed by atoms with Crippen molar-refractivity contribution in [1.29, 1.82) is 0 Å². The maximum absolute atomic E-state index is 13.7. The van der Waals surface area contributed by atoms with Gasteiger partial charge in [0.25, 0.3) is 0 Å². The number of rotatable bonds is 8. The van der Waals surface area contributed by atoms with Crippen LogP contribution in [0.1, 0.15) is 43.4 Å². The van der Waals surface area contributed by atoms with Crippen LogP contribution in [0, 0.1) is 5.92 Å². The van der Waals surface area contributed by atoms with Crippen molar-refractivity contribution in [2.24, 2.45) is 5.92 Å². The van der Waals surface area contributed by atoms with Gasteiger partial charge in [-0.05, 0) is 36.6 Å². The molecule has 1 aromatic heterocycles. The number of aliphatic hydroxyl groups excluding tert-OH is 1. The molecule has 4 rings (SSSR count). The van der Waals surface area contributed by atoms with Crippen LogP contribution < -0.4 is 15.4 Å². The number of alkyl halides is 3. The summed E-state index contributed by atoms with van der Waals surface area (Å²) in [6.45, 7) is -0.964. The third-order valence-corrected chi connectivity index (χ3v) is 8.38. The molecule has 0 radical (unpaired) electrons. The van der Waals surface area contributed by atoms with E-state index in [1.165, 1.54) is 0 Å². The quantitative estimate of drug-likeness (QED) is 0.538. The first-order valence-corrected chi connectivity index (χ1v) is 13.4. The number of halogens is 3. The Morgan fingerprint density at radius 1 is 1.19 bits per heavy atom. The fourth-order valence-electron chi connectivity index (χ4n) is 5.18. The first-order valence-electron chi connectivity index (χ1n) is 12.0. The van der Waals surface area contributed by atoms with Gasteiger partial charge in [-0.15, -0.1) is 0 Å². The van der Waals surface area contributed by atoms with Crippen molar-refractivity contribution in [3.05, 3.63) is 47.8 Å². The van der Waals surface area contributed by atoms with Gasteiger partial charge in [0.15, 0.2) is 0 Å². The van der Waals surface area contributed by atoms with E-state index in [4.69, 9.17) is 10.5 Å². The van der Waals surface area contributed by atoms with Crippen LogP contribution >= 0.6 is 0 Å². The summed E-state index contributed by atoms with van der Waals surface area (Å²) in [5, 5.41) is 9.24. The molecule has 1 fully saturated rings. The van der Waals surface area contributed by atoms with E-state index in [1.807, 2.05) is 4.90 Å². The second-order valence-electron chi connectivity index (χ2n) is 9.32. The molecule has 36 heavy (non-hydrogen) atoms. The van der Waals surface area contributed by atoms with Crippen LogP contribution in [0.2, 0.25) is 0 Å². The molecule has 0 saturated heterocycles. The Labute approximate surface area is 208 Å². The Hall–Kier alpha value is -2.57. The number of aromatic nitrogens is 1. The lowest BCUT2D eigenvalue weighted by Gasteiger charge is -2.35. The van der Waals surface area contributed by atoms with Crippen molar-refractivity contribution in [2.45, 2.75) is 56.7 Å². The number of nitrogen functional groups attached to an aromatic ring is 1. The van der Waals surface area contributed by atoms with E-state index in [2.05, 4.69) is 4.98 Å². The molecule has 0 spiro atoms. The van der Waals surface area contributed by atoms with Gasteiger partial charge in [0.05, 0.1) is 18.8 Å². The standard InChI is InChI=1S/C24H31F3N4O4S/c25-24(26,27)36(33,34)30-15-20(12-17-4-1-2-5-17)31(14-19-13-18(28)8-9-29-19)22-6-3-7-23(21(22)16-30)35-11-10-32/h3,6-9,13,17,20,32H,1-2,4-5,10-12,14-16H2,(H2,28,29). The monoisotopic (exact) mass is 528 g/mol. The van der Waals surface area contributed by atoms with E-state index >= 15 is 0 Å². The van der Waals surface area contributed by atoms with E-state index in [0.717, 1.165) is 25.7 Å². The number of pyridine rings is 1. The highest BCUT2D eigenvalue weighted by molar-refractivity contribution is 7.89. The van der Waals surface area contributed by atoms with Crippen LogP contribution in [0.3, 0.4) is 0 Å². The molecule has 12 heteroatoms. The maximum atomic E-state index is 13.7. The van der Waals surface area contributed by atoms with E-state index in [1.54, 1.807) is 36.5 Å². The summed E-state index contributed by atoms with van der Waals surface area (Å²) >= 11 is 0. The van der Waals surface area contributed by atoms with E-state index < -0.39 is 28.1 Å². The lowest BCUT2D eigenvalue weighted by Crippen LogP contribution is -2.47. The number of anilines is 2. The van der Waals surface area contributed by atoms with Crippen LogP contribution in [-0.2, 0) is 23.1 Å². The molecular weight excluding hydrogens is 497 g/mol. The number of nitrogens with zero attached hydrogens (tertiary/aromatic N) is 3. The molecule has 1 atom stereocenters. The Kier molecular flexibility index (Phi) is 7.96. The lowest BCUT2D eigenvalue weighted by molar-refractivity contribution is -0.0492. The number of hydrogen-bond acceptors (Lipinski definition) is 7. The third-order valence-electron chi connectivity index (χ3n) is 6.84. The Balaban J connectivity index is 1.83. The van der Waals surface area contributed by atoms with Gasteiger partial charge in [0.2, 0.25) is 0 Å². The molecule has 1 aliphatic heterocycles. The van der Waals surface area contributed by atoms with Gasteiger partial charge in [-0.3, -0.25) is 4.98 Å². The predicted octanol–water partition coefficient (Wildman–Crippen LogP) is 3.66. The van der Waals surface area contributed by atoms with E-state index in [9.17, 15) is 26.7 Å². The number of benzene rings is 1. The second-order valence-corrected chi connectivity index (χ2v) is 11.2. The van der Waals surface area contributed by atoms with Crippen molar-refractivity contribution in [3.63, 3.8) is 0 Å². The average Bonchev–Trinajstić information content (AvgIpc) is 3.27. The van der Waals surface area contributed by atoms with Gasteiger partial charge >= 0.3 is 15.5 Å². The first-order chi connectivity index (χ1) is 17.1. The van der Waals surface area contributed by atoms with Crippen molar-refractivity contribution >= 4 is 21.4 Å². The molecule has 1 saturated carbocycles. The van der Waals surface area contributed by atoms with Gasteiger partial charge in [0.1, 0.15) is 12.4 Å². The number of nitrogens with two attached hydrogens (primary N) is 1. The highest BCUT2D eigenvalue weighted by Gasteiger charge is 2.51. The fourth-order valence-corrected chi connectivity index (χ4v) is 6.14. The summed E-state index contributed by atoms with van der Waals surface area (Å²) in [5.74, 6) is 0.521. The molecule has 8 nitrogen and oxygen atoms in total. The van der Waals surface area contributed by atoms with Gasteiger partial charge in [0, 0.05) is 42.3 Å². The first kappa shape index (κ1) is 26.5. The van der Waals surface area contributed by atoms with Crippen LogP contribution in [-0.4, -0.2) is 54.1 Å². The molecule has 1 unspecified atom stereocenters. The van der Waals surface area contributed by atoms with Gasteiger partial charge in [-0.2, -0.15) is 17.5 Å². The smallest absolute Gasteiger partial charge is 0.491 e. The lowest BCUT2D eigenvalue weighted by atomic mass is 9.96. The molecule has 1 aliphatic carbocycles. The molecular formula is C24H31F3N4O4S. The van der Waals surface area contributed by atoms with E-state index in [-0.39, 0.29) is 38.0 Å². The molecule has 1 aromatic carbocycles. The molecule has 2 aromatic rings. The number of ether oxygens (including phenoxy) is 1. The highest BCUT2D eigenvalue weighted by Crippen LogP contribution is 2.41. The van der Waals surface area contributed by atoms with Crippen LogP contribution in [0.25, 0.3) is 0 Å². The summed E-state index contributed by atoms with van der Waals surface area (Å²) in [7, 11) is -5.61. The average molecular weight is 529 g/mol. The number of sulfonamides is 1. The van der Waals surface area contributed by atoms with Crippen molar-refractivity contribution in [3.8, 4) is 5.75 Å². The minimum Gasteiger partial charge on any atom is -0.491 e. The van der Waals surface area contributed by atoms with Gasteiger partial charge in [-0.25, -0.2) is 8.42 Å².